The highest BCUT2D eigenvalue weighted by Crippen LogP contribution is 2.25. The third-order valence-electron chi connectivity index (χ3n) is 4.72. The molecular weight excluding hydrogens is 406 g/mol. The summed E-state index contributed by atoms with van der Waals surface area (Å²) in [6, 6.07) is 15.6. The van der Waals surface area contributed by atoms with E-state index >= 15 is 0 Å². The average Bonchev–Trinajstić information content (AvgIpc) is 3.03. The fourth-order valence-electron chi connectivity index (χ4n) is 3.19. The van der Waals surface area contributed by atoms with Gasteiger partial charge in [0.2, 0.25) is 5.91 Å². The van der Waals surface area contributed by atoms with Gasteiger partial charge in [-0.1, -0.05) is 53.6 Å². The van der Waals surface area contributed by atoms with E-state index in [1.807, 2.05) is 74.4 Å². The van der Waals surface area contributed by atoms with Gasteiger partial charge in [0.05, 0.1) is 6.04 Å². The minimum atomic E-state index is -0.143. The van der Waals surface area contributed by atoms with Gasteiger partial charge in [-0.25, -0.2) is 0 Å². The summed E-state index contributed by atoms with van der Waals surface area (Å²) in [6.45, 7) is 2.53. The minimum absolute atomic E-state index is 0.0405. The highest BCUT2D eigenvalue weighted by Gasteiger charge is 2.19. The maximum absolute atomic E-state index is 12.7. The van der Waals surface area contributed by atoms with Gasteiger partial charge in [-0.2, -0.15) is 5.10 Å². The molecule has 0 saturated carbocycles. The molecule has 0 saturated heterocycles. The molecule has 0 aliphatic heterocycles. The van der Waals surface area contributed by atoms with Crippen LogP contribution in [0.1, 0.15) is 17.2 Å². The fraction of sp³-hybridized carbons (Fsp3) is 0.286. The lowest BCUT2D eigenvalue weighted by Crippen LogP contribution is -2.36. The Morgan fingerprint density at radius 3 is 2.72 bits per heavy atom. The number of rotatable bonds is 7. The van der Waals surface area contributed by atoms with Crippen molar-refractivity contribution in [2.45, 2.75) is 19.5 Å². The third-order valence-corrected chi connectivity index (χ3v) is 5.37. The number of nitrogens with one attached hydrogen (secondary N) is 2. The molecule has 0 unspecified atom stereocenters. The van der Waals surface area contributed by atoms with Crippen LogP contribution < -0.4 is 5.32 Å². The van der Waals surface area contributed by atoms with E-state index in [1.165, 1.54) is 0 Å². The Labute approximate surface area is 180 Å². The van der Waals surface area contributed by atoms with Gasteiger partial charge in [0.15, 0.2) is 10.6 Å². The van der Waals surface area contributed by atoms with Gasteiger partial charge in [0.1, 0.15) is 6.54 Å². The Morgan fingerprint density at radius 2 is 2.03 bits per heavy atom. The fourth-order valence-corrected chi connectivity index (χ4v) is 3.65. The molecule has 1 amide bonds. The summed E-state index contributed by atoms with van der Waals surface area (Å²) in [5.41, 5.74) is 2.99. The number of halogens is 1. The summed E-state index contributed by atoms with van der Waals surface area (Å²) in [6.07, 6.45) is 0. The van der Waals surface area contributed by atoms with E-state index in [4.69, 9.17) is 23.8 Å². The number of amides is 1. The minimum Gasteiger partial charge on any atom is -0.353 e. The molecule has 1 heterocycles. The standard InChI is InChI=1S/C21H24ClN5OS/c1-14-7-6-8-15(11-14)20-24-25-21(29)27(20)13-19(28)23-12-18(26(2)3)16-9-4-5-10-17(16)22/h4-11,18H,12-13H2,1-3H3,(H,23,28)(H,25,29)/t18-/m0/s1. The van der Waals surface area contributed by atoms with Crippen LogP contribution in [0.3, 0.4) is 0 Å². The zero-order valence-electron chi connectivity index (χ0n) is 16.6. The van der Waals surface area contributed by atoms with Crippen molar-refractivity contribution in [1.29, 1.82) is 0 Å². The van der Waals surface area contributed by atoms with E-state index in [1.54, 1.807) is 4.57 Å². The Kier molecular flexibility index (Phi) is 6.84. The van der Waals surface area contributed by atoms with Crippen molar-refractivity contribution in [3.8, 4) is 11.4 Å². The molecule has 3 rings (SSSR count). The maximum atomic E-state index is 12.7. The third kappa shape index (κ3) is 5.12. The molecule has 0 fully saturated rings. The van der Waals surface area contributed by atoms with E-state index in [-0.39, 0.29) is 18.5 Å². The van der Waals surface area contributed by atoms with Crippen molar-refractivity contribution in [2.75, 3.05) is 20.6 Å². The number of carbonyl (C=O) groups is 1. The molecule has 152 valence electrons. The lowest BCUT2D eigenvalue weighted by atomic mass is 10.1. The normalized spacial score (nSPS) is 12.2. The Morgan fingerprint density at radius 1 is 1.28 bits per heavy atom. The van der Waals surface area contributed by atoms with E-state index < -0.39 is 0 Å². The van der Waals surface area contributed by atoms with Crippen LogP contribution in [0.2, 0.25) is 5.02 Å². The van der Waals surface area contributed by atoms with Crippen molar-refractivity contribution in [3.05, 3.63) is 69.5 Å². The Hall–Kier alpha value is -2.48. The van der Waals surface area contributed by atoms with E-state index in [0.717, 1.165) is 16.7 Å². The summed E-state index contributed by atoms with van der Waals surface area (Å²) in [5, 5.41) is 10.8. The molecule has 2 aromatic carbocycles. The molecule has 3 aromatic rings. The van der Waals surface area contributed by atoms with E-state index in [2.05, 4.69) is 15.5 Å². The first-order valence-corrected chi connectivity index (χ1v) is 10.0. The monoisotopic (exact) mass is 429 g/mol. The molecule has 0 radical (unpaired) electrons. The van der Waals surface area contributed by atoms with Gasteiger partial charge >= 0.3 is 0 Å². The van der Waals surface area contributed by atoms with Crippen LogP contribution >= 0.6 is 23.8 Å². The van der Waals surface area contributed by atoms with Crippen molar-refractivity contribution in [3.63, 3.8) is 0 Å². The van der Waals surface area contributed by atoms with Crippen molar-refractivity contribution in [1.82, 2.24) is 25.0 Å². The van der Waals surface area contributed by atoms with Crippen LogP contribution in [0.15, 0.2) is 48.5 Å². The second-order valence-corrected chi connectivity index (χ2v) is 7.91. The van der Waals surface area contributed by atoms with E-state index in [0.29, 0.717) is 22.2 Å². The first kappa shape index (κ1) is 21.2. The predicted molar refractivity (Wildman–Crippen MR) is 118 cm³/mol. The summed E-state index contributed by atoms with van der Waals surface area (Å²) < 4.78 is 2.12. The zero-order valence-corrected chi connectivity index (χ0v) is 18.2. The highest BCUT2D eigenvalue weighted by molar-refractivity contribution is 7.71. The lowest BCUT2D eigenvalue weighted by molar-refractivity contribution is -0.121. The van der Waals surface area contributed by atoms with Gasteiger partial charge in [-0.15, -0.1) is 0 Å². The SMILES string of the molecule is Cc1cccc(-c2n[nH]c(=S)n2CC(=O)NC[C@@H](c2ccccc2Cl)N(C)C)c1. The molecular formula is C21H24ClN5OS. The smallest absolute Gasteiger partial charge is 0.240 e. The van der Waals surface area contributed by atoms with E-state index in [9.17, 15) is 4.79 Å². The van der Waals surface area contributed by atoms with Crippen molar-refractivity contribution < 1.29 is 4.79 Å². The lowest BCUT2D eigenvalue weighted by Gasteiger charge is -2.26. The largest absolute Gasteiger partial charge is 0.353 e. The Bertz CT molecular complexity index is 1060. The molecule has 0 spiro atoms. The molecule has 2 N–H and O–H groups in total. The molecule has 1 aromatic heterocycles. The molecule has 1 atom stereocenters. The van der Waals surface area contributed by atoms with Gasteiger partial charge in [-0.3, -0.25) is 14.5 Å². The Balaban J connectivity index is 1.74. The number of aromatic amines is 1. The number of H-pyrrole nitrogens is 1. The molecule has 0 bridgehead atoms. The maximum Gasteiger partial charge on any atom is 0.240 e. The number of nitrogens with zero attached hydrogens (tertiary/aromatic N) is 3. The topological polar surface area (TPSA) is 66.0 Å². The van der Waals surface area contributed by atoms with Gasteiger partial charge < -0.3 is 10.2 Å². The number of aromatic nitrogens is 3. The molecule has 6 nitrogen and oxygen atoms in total. The first-order chi connectivity index (χ1) is 13.9. The number of carbonyl (C=O) groups excluding carboxylic acids is 1. The number of aryl methyl sites for hydroxylation is 1. The zero-order chi connectivity index (χ0) is 21.0. The van der Waals surface area contributed by atoms with Gasteiger partial charge in [-0.05, 0) is 50.9 Å². The highest BCUT2D eigenvalue weighted by atomic mass is 35.5. The van der Waals surface area contributed by atoms with Crippen molar-refractivity contribution in [2.24, 2.45) is 0 Å². The van der Waals surface area contributed by atoms with Crippen LogP contribution in [-0.4, -0.2) is 46.2 Å². The summed E-state index contributed by atoms with van der Waals surface area (Å²) >= 11 is 11.7. The van der Waals surface area contributed by atoms with Gasteiger partial charge in [0, 0.05) is 17.1 Å². The average molecular weight is 430 g/mol. The number of likely N-dealkylation sites (N-methyl/N-ethyl adjacent to an activating group) is 1. The second-order valence-electron chi connectivity index (χ2n) is 7.11. The number of hydrogen-bond donors (Lipinski definition) is 2. The van der Waals surface area contributed by atoms with Gasteiger partial charge in [0.25, 0.3) is 0 Å². The van der Waals surface area contributed by atoms with Crippen LogP contribution in [0.4, 0.5) is 0 Å². The quantitative estimate of drug-likeness (QED) is 0.557. The number of hydrogen-bond acceptors (Lipinski definition) is 4. The summed E-state index contributed by atoms with van der Waals surface area (Å²) in [4.78, 5) is 14.7. The number of benzene rings is 2. The summed E-state index contributed by atoms with van der Waals surface area (Å²) in [5.74, 6) is 0.499. The second kappa shape index (κ2) is 9.35. The summed E-state index contributed by atoms with van der Waals surface area (Å²) in [7, 11) is 3.92. The van der Waals surface area contributed by atoms with Crippen LogP contribution in [0.25, 0.3) is 11.4 Å². The van der Waals surface area contributed by atoms with Crippen molar-refractivity contribution >= 4 is 29.7 Å². The van der Waals surface area contributed by atoms with Crippen LogP contribution in [0.5, 0.6) is 0 Å². The predicted octanol–water partition coefficient (Wildman–Crippen LogP) is 3.99. The molecule has 0 aliphatic carbocycles. The first-order valence-electron chi connectivity index (χ1n) is 9.26. The molecule has 29 heavy (non-hydrogen) atoms. The molecule has 8 heteroatoms. The van der Waals surface area contributed by atoms with Crippen LogP contribution in [-0.2, 0) is 11.3 Å². The molecule has 0 aliphatic rings. The van der Waals surface area contributed by atoms with Crippen LogP contribution in [0, 0.1) is 11.7 Å².